The molecule has 0 radical (unpaired) electrons. The van der Waals surface area contributed by atoms with Crippen LogP contribution in [0, 0.1) is 5.92 Å². The highest BCUT2D eigenvalue weighted by molar-refractivity contribution is 7.91. The average molecular weight is 277 g/mol. The Morgan fingerprint density at radius 1 is 1.44 bits per heavy atom. The van der Waals surface area contributed by atoms with Gasteiger partial charge in [0.05, 0.1) is 0 Å². The SMILES string of the molecule is CC1CCCC(NC(=O)CS(C)(=O)=O)(C(=O)O)C1. The number of carbonyl (C=O) groups excluding carboxylic acids is 1. The van der Waals surface area contributed by atoms with Crippen LogP contribution in [0.3, 0.4) is 0 Å². The Labute approximate surface area is 107 Å². The first-order valence-corrected chi connectivity index (χ1v) is 7.93. The number of carbonyl (C=O) groups is 2. The predicted molar refractivity (Wildman–Crippen MR) is 65.9 cm³/mol. The van der Waals surface area contributed by atoms with E-state index in [0.717, 1.165) is 12.7 Å². The number of aliphatic carboxylic acids is 1. The minimum absolute atomic E-state index is 0.202. The molecule has 1 aliphatic rings. The van der Waals surface area contributed by atoms with Gasteiger partial charge in [0, 0.05) is 6.26 Å². The molecule has 104 valence electrons. The van der Waals surface area contributed by atoms with E-state index in [-0.39, 0.29) is 5.92 Å². The minimum atomic E-state index is -3.45. The van der Waals surface area contributed by atoms with Crippen LogP contribution in [0.2, 0.25) is 0 Å². The van der Waals surface area contributed by atoms with Gasteiger partial charge >= 0.3 is 5.97 Å². The van der Waals surface area contributed by atoms with E-state index in [4.69, 9.17) is 0 Å². The molecule has 1 aliphatic carbocycles. The Morgan fingerprint density at radius 2 is 2.06 bits per heavy atom. The number of hydrogen-bond acceptors (Lipinski definition) is 4. The summed E-state index contributed by atoms with van der Waals surface area (Å²) in [6.07, 6.45) is 3.28. The minimum Gasteiger partial charge on any atom is -0.480 e. The number of amides is 1. The molecule has 0 spiro atoms. The van der Waals surface area contributed by atoms with Crippen LogP contribution in [0.1, 0.15) is 32.6 Å². The lowest BCUT2D eigenvalue weighted by molar-refractivity contribution is -0.149. The second-order valence-corrected chi connectivity index (χ2v) is 7.35. The van der Waals surface area contributed by atoms with Crippen molar-refractivity contribution in [3.8, 4) is 0 Å². The molecule has 0 saturated heterocycles. The third kappa shape index (κ3) is 3.97. The van der Waals surface area contributed by atoms with Crippen molar-refractivity contribution in [1.29, 1.82) is 0 Å². The van der Waals surface area contributed by atoms with Gasteiger partial charge in [-0.25, -0.2) is 13.2 Å². The largest absolute Gasteiger partial charge is 0.480 e. The summed E-state index contributed by atoms with van der Waals surface area (Å²) < 4.78 is 22.0. The van der Waals surface area contributed by atoms with Crippen LogP contribution < -0.4 is 5.32 Å². The topological polar surface area (TPSA) is 101 Å². The predicted octanol–water partition coefficient (Wildman–Crippen LogP) is 0.181. The van der Waals surface area contributed by atoms with E-state index in [1.54, 1.807) is 0 Å². The van der Waals surface area contributed by atoms with Gasteiger partial charge in [0.2, 0.25) is 5.91 Å². The molecule has 1 amide bonds. The Bertz CT molecular complexity index is 444. The van der Waals surface area contributed by atoms with E-state index >= 15 is 0 Å². The van der Waals surface area contributed by atoms with Gasteiger partial charge in [-0.05, 0) is 18.8 Å². The summed E-state index contributed by atoms with van der Waals surface area (Å²) in [5.41, 5.74) is -1.31. The molecular weight excluding hydrogens is 258 g/mol. The van der Waals surface area contributed by atoms with E-state index in [9.17, 15) is 23.1 Å². The number of carboxylic acids is 1. The van der Waals surface area contributed by atoms with Crippen molar-refractivity contribution in [2.45, 2.75) is 38.1 Å². The van der Waals surface area contributed by atoms with Crippen LogP contribution in [0.4, 0.5) is 0 Å². The molecular formula is C11H19NO5S. The first-order valence-electron chi connectivity index (χ1n) is 5.87. The average Bonchev–Trinajstić information content (AvgIpc) is 2.13. The molecule has 1 fully saturated rings. The third-order valence-corrected chi connectivity index (χ3v) is 3.97. The summed E-state index contributed by atoms with van der Waals surface area (Å²) in [5.74, 6) is -2.30. The van der Waals surface area contributed by atoms with Crippen LogP contribution in [-0.2, 0) is 19.4 Å². The molecule has 1 saturated carbocycles. The van der Waals surface area contributed by atoms with Gasteiger partial charge < -0.3 is 10.4 Å². The van der Waals surface area contributed by atoms with Gasteiger partial charge in [-0.2, -0.15) is 0 Å². The first-order chi connectivity index (χ1) is 8.15. The van der Waals surface area contributed by atoms with Gasteiger partial charge in [0.1, 0.15) is 11.3 Å². The van der Waals surface area contributed by atoms with Crippen LogP contribution in [0.15, 0.2) is 0 Å². The standard InChI is InChI=1S/C11H19NO5S/c1-8-4-3-5-11(6-8,10(14)15)12-9(13)7-18(2,16)17/h8H,3-7H2,1-2H3,(H,12,13)(H,14,15). The van der Waals surface area contributed by atoms with E-state index in [2.05, 4.69) is 5.32 Å². The van der Waals surface area contributed by atoms with Crippen molar-refractivity contribution in [3.05, 3.63) is 0 Å². The molecule has 2 N–H and O–H groups in total. The Morgan fingerprint density at radius 3 is 2.50 bits per heavy atom. The third-order valence-electron chi connectivity index (χ3n) is 3.18. The quantitative estimate of drug-likeness (QED) is 0.763. The van der Waals surface area contributed by atoms with E-state index in [0.29, 0.717) is 19.3 Å². The molecule has 0 aromatic heterocycles. The highest BCUT2D eigenvalue weighted by atomic mass is 32.2. The second-order valence-electron chi connectivity index (χ2n) is 5.21. The molecule has 0 aromatic carbocycles. The fraction of sp³-hybridized carbons (Fsp3) is 0.818. The Balaban J connectivity index is 2.81. The maximum atomic E-state index is 11.6. The monoisotopic (exact) mass is 277 g/mol. The maximum absolute atomic E-state index is 11.6. The molecule has 0 heterocycles. The Kier molecular flexibility index (Phi) is 4.37. The van der Waals surface area contributed by atoms with Gasteiger partial charge in [0.15, 0.2) is 9.84 Å². The normalized spacial score (nSPS) is 28.7. The van der Waals surface area contributed by atoms with Crippen molar-refractivity contribution >= 4 is 21.7 Å². The first kappa shape index (κ1) is 14.9. The van der Waals surface area contributed by atoms with Gasteiger partial charge in [0.25, 0.3) is 0 Å². The summed E-state index contributed by atoms with van der Waals surface area (Å²) in [6.45, 7) is 1.93. The van der Waals surface area contributed by atoms with Crippen molar-refractivity contribution in [2.24, 2.45) is 5.92 Å². The molecule has 2 atom stereocenters. The Hall–Kier alpha value is -1.11. The summed E-state index contributed by atoms with van der Waals surface area (Å²) in [6, 6.07) is 0. The summed E-state index contributed by atoms with van der Waals surface area (Å²) in [5, 5.41) is 11.7. The molecule has 0 aliphatic heterocycles. The second kappa shape index (κ2) is 5.26. The molecule has 2 unspecified atom stereocenters. The zero-order valence-electron chi connectivity index (χ0n) is 10.6. The van der Waals surface area contributed by atoms with Crippen LogP contribution in [0.25, 0.3) is 0 Å². The fourth-order valence-corrected chi connectivity index (χ4v) is 3.00. The van der Waals surface area contributed by atoms with Crippen LogP contribution in [0.5, 0.6) is 0 Å². The van der Waals surface area contributed by atoms with Gasteiger partial charge in [-0.1, -0.05) is 19.8 Å². The highest BCUT2D eigenvalue weighted by Crippen LogP contribution is 2.32. The van der Waals surface area contributed by atoms with E-state index in [1.165, 1.54) is 0 Å². The maximum Gasteiger partial charge on any atom is 0.329 e. The van der Waals surface area contributed by atoms with Crippen LogP contribution >= 0.6 is 0 Å². The van der Waals surface area contributed by atoms with Crippen molar-refractivity contribution in [3.63, 3.8) is 0 Å². The van der Waals surface area contributed by atoms with Crippen LogP contribution in [-0.4, -0.2) is 42.9 Å². The fourth-order valence-electron chi connectivity index (χ4n) is 2.45. The van der Waals surface area contributed by atoms with Gasteiger partial charge in [-0.3, -0.25) is 4.79 Å². The van der Waals surface area contributed by atoms with Crippen molar-refractivity contribution in [1.82, 2.24) is 5.32 Å². The summed E-state index contributed by atoms with van der Waals surface area (Å²) in [4.78, 5) is 22.9. The number of rotatable bonds is 4. The molecule has 0 aromatic rings. The molecule has 18 heavy (non-hydrogen) atoms. The summed E-state index contributed by atoms with van der Waals surface area (Å²) in [7, 11) is -3.45. The highest BCUT2D eigenvalue weighted by Gasteiger charge is 2.43. The lowest BCUT2D eigenvalue weighted by Crippen LogP contribution is -2.57. The van der Waals surface area contributed by atoms with Gasteiger partial charge in [-0.15, -0.1) is 0 Å². The van der Waals surface area contributed by atoms with Crippen molar-refractivity contribution < 1.29 is 23.1 Å². The number of sulfone groups is 1. The van der Waals surface area contributed by atoms with Crippen molar-refractivity contribution in [2.75, 3.05) is 12.0 Å². The smallest absolute Gasteiger partial charge is 0.329 e. The zero-order chi connectivity index (χ0) is 14.0. The number of hydrogen-bond donors (Lipinski definition) is 2. The summed E-state index contributed by atoms with van der Waals surface area (Å²) >= 11 is 0. The lowest BCUT2D eigenvalue weighted by atomic mass is 9.76. The number of carboxylic acid groups (broad SMARTS) is 1. The number of nitrogens with one attached hydrogen (secondary N) is 1. The molecule has 0 bridgehead atoms. The van der Waals surface area contributed by atoms with E-state index in [1.807, 2.05) is 6.92 Å². The molecule has 7 heteroatoms. The lowest BCUT2D eigenvalue weighted by Gasteiger charge is -2.37. The molecule has 1 rings (SSSR count). The molecule has 6 nitrogen and oxygen atoms in total. The zero-order valence-corrected chi connectivity index (χ0v) is 11.4. The van der Waals surface area contributed by atoms with E-state index < -0.39 is 33.0 Å².